The van der Waals surface area contributed by atoms with Gasteiger partial charge in [-0.05, 0) is 0 Å². The second kappa shape index (κ2) is 3.18. The normalized spacial score (nSPS) is 36.4. The molecular formula is C6H8O6. The minimum Gasteiger partial charge on any atom is -0.451 e. The fourth-order valence-corrected chi connectivity index (χ4v) is 0.890. The van der Waals surface area contributed by atoms with Gasteiger partial charge in [-0.2, -0.15) is 0 Å². The SMILES string of the molecule is O=C1OC(CO)[C@@H](O)[C@H](O)C1=O. The Balaban J connectivity index is 2.77. The van der Waals surface area contributed by atoms with E-state index in [0.29, 0.717) is 0 Å². The number of cyclic esters (lactones) is 1. The van der Waals surface area contributed by atoms with Crippen molar-refractivity contribution in [3.8, 4) is 0 Å². The Hall–Kier alpha value is -0.980. The average Bonchev–Trinajstić information content (AvgIpc) is 2.08. The molecule has 0 saturated carbocycles. The zero-order valence-electron chi connectivity index (χ0n) is 6.01. The number of aliphatic hydroxyl groups is 3. The molecule has 0 aromatic heterocycles. The molecule has 0 aliphatic carbocycles. The van der Waals surface area contributed by atoms with Gasteiger partial charge in [-0.1, -0.05) is 0 Å². The molecule has 0 radical (unpaired) electrons. The first-order chi connectivity index (χ1) is 5.57. The molecule has 0 amide bonds. The predicted molar refractivity (Wildman–Crippen MR) is 34.0 cm³/mol. The van der Waals surface area contributed by atoms with Crippen LogP contribution in [0.2, 0.25) is 0 Å². The number of carbonyl (C=O) groups is 2. The number of rotatable bonds is 1. The van der Waals surface area contributed by atoms with E-state index < -0.39 is 36.7 Å². The van der Waals surface area contributed by atoms with E-state index in [0.717, 1.165) is 0 Å². The molecule has 0 spiro atoms. The summed E-state index contributed by atoms with van der Waals surface area (Å²) in [6, 6.07) is 0. The molecule has 6 heteroatoms. The first-order valence-electron chi connectivity index (χ1n) is 3.29. The molecule has 3 atom stereocenters. The van der Waals surface area contributed by atoms with E-state index >= 15 is 0 Å². The lowest BCUT2D eigenvalue weighted by atomic mass is 10.0. The fraction of sp³-hybridized carbons (Fsp3) is 0.667. The zero-order valence-corrected chi connectivity index (χ0v) is 6.01. The number of aliphatic hydroxyl groups excluding tert-OH is 3. The van der Waals surface area contributed by atoms with Crippen LogP contribution >= 0.6 is 0 Å². The summed E-state index contributed by atoms with van der Waals surface area (Å²) < 4.78 is 4.28. The molecule has 0 bridgehead atoms. The minimum absolute atomic E-state index is 0.628. The van der Waals surface area contributed by atoms with Gasteiger partial charge in [-0.3, -0.25) is 4.79 Å². The summed E-state index contributed by atoms with van der Waals surface area (Å²) in [5.41, 5.74) is 0. The number of hydrogen-bond donors (Lipinski definition) is 3. The van der Waals surface area contributed by atoms with Crippen LogP contribution in [0.3, 0.4) is 0 Å². The van der Waals surface area contributed by atoms with E-state index in [-0.39, 0.29) is 0 Å². The second-order valence-electron chi connectivity index (χ2n) is 2.43. The van der Waals surface area contributed by atoms with Crippen molar-refractivity contribution in [2.24, 2.45) is 0 Å². The van der Waals surface area contributed by atoms with Crippen molar-refractivity contribution in [2.75, 3.05) is 6.61 Å². The molecule has 1 heterocycles. The maximum absolute atomic E-state index is 10.6. The third kappa shape index (κ3) is 1.31. The van der Waals surface area contributed by atoms with Crippen LogP contribution in [0.4, 0.5) is 0 Å². The van der Waals surface area contributed by atoms with Crippen molar-refractivity contribution in [1.82, 2.24) is 0 Å². The molecule has 1 fully saturated rings. The first kappa shape index (κ1) is 9.11. The van der Waals surface area contributed by atoms with Crippen LogP contribution in [0, 0.1) is 0 Å². The molecule has 1 rings (SSSR count). The predicted octanol–water partition coefficient (Wildman–Crippen LogP) is -2.81. The van der Waals surface area contributed by atoms with Gasteiger partial charge in [0.25, 0.3) is 5.78 Å². The Morgan fingerprint density at radius 3 is 2.42 bits per heavy atom. The minimum atomic E-state index is -1.79. The molecule has 12 heavy (non-hydrogen) atoms. The molecule has 0 aromatic rings. The van der Waals surface area contributed by atoms with E-state index in [1.54, 1.807) is 0 Å². The van der Waals surface area contributed by atoms with E-state index in [4.69, 9.17) is 15.3 Å². The Labute approximate surface area is 67.4 Å². The second-order valence-corrected chi connectivity index (χ2v) is 2.43. The summed E-state index contributed by atoms with van der Waals surface area (Å²) in [7, 11) is 0. The number of hydrogen-bond acceptors (Lipinski definition) is 6. The molecule has 1 aliphatic heterocycles. The molecule has 6 nitrogen and oxygen atoms in total. The lowest BCUT2D eigenvalue weighted by Crippen LogP contribution is -2.54. The van der Waals surface area contributed by atoms with Crippen molar-refractivity contribution in [2.45, 2.75) is 18.3 Å². The van der Waals surface area contributed by atoms with E-state index in [2.05, 4.69) is 4.74 Å². The molecule has 1 saturated heterocycles. The van der Waals surface area contributed by atoms with Gasteiger partial charge >= 0.3 is 5.97 Å². The van der Waals surface area contributed by atoms with Crippen LogP contribution in [0.1, 0.15) is 0 Å². The van der Waals surface area contributed by atoms with Crippen molar-refractivity contribution in [3.05, 3.63) is 0 Å². The van der Waals surface area contributed by atoms with Crippen molar-refractivity contribution in [1.29, 1.82) is 0 Å². The average molecular weight is 176 g/mol. The summed E-state index contributed by atoms with van der Waals surface area (Å²) in [5.74, 6) is -2.42. The van der Waals surface area contributed by atoms with Gasteiger partial charge in [-0.25, -0.2) is 4.79 Å². The van der Waals surface area contributed by atoms with Crippen molar-refractivity contribution < 1.29 is 29.6 Å². The van der Waals surface area contributed by atoms with Crippen LogP contribution in [0.15, 0.2) is 0 Å². The van der Waals surface area contributed by atoms with Crippen LogP contribution in [0.5, 0.6) is 0 Å². The molecule has 1 unspecified atom stereocenters. The van der Waals surface area contributed by atoms with Gasteiger partial charge in [-0.15, -0.1) is 0 Å². The number of ether oxygens (including phenoxy) is 1. The molecule has 1 aliphatic rings. The number of Topliss-reactive ketones (excluding diaryl/α,β-unsaturated/α-hetero) is 1. The van der Waals surface area contributed by atoms with E-state index in [1.807, 2.05) is 0 Å². The molecule has 68 valence electrons. The summed E-state index contributed by atoms with van der Waals surface area (Å²) >= 11 is 0. The molecular weight excluding hydrogens is 168 g/mol. The summed E-state index contributed by atoms with van der Waals surface area (Å²) in [6.07, 6.45) is -4.55. The Morgan fingerprint density at radius 2 is 1.92 bits per heavy atom. The van der Waals surface area contributed by atoms with Gasteiger partial charge < -0.3 is 20.1 Å². The monoisotopic (exact) mass is 176 g/mol. The largest absolute Gasteiger partial charge is 0.451 e. The van der Waals surface area contributed by atoms with E-state index in [1.165, 1.54) is 0 Å². The standard InChI is InChI=1S/C6H8O6/c7-1-2-3(8)4(9)5(10)6(11)12-2/h2-4,7-9H,1H2/t2?,3-,4+/m1/s1. The maximum atomic E-state index is 10.6. The van der Waals surface area contributed by atoms with Gasteiger partial charge in [0.05, 0.1) is 6.61 Å². The highest BCUT2D eigenvalue weighted by Crippen LogP contribution is 2.12. The van der Waals surface area contributed by atoms with Crippen LogP contribution < -0.4 is 0 Å². The van der Waals surface area contributed by atoms with Gasteiger partial charge in [0.1, 0.15) is 6.10 Å². The van der Waals surface area contributed by atoms with Gasteiger partial charge in [0.15, 0.2) is 12.2 Å². The summed E-state index contributed by atoms with van der Waals surface area (Å²) in [5, 5.41) is 26.4. The fourth-order valence-electron chi connectivity index (χ4n) is 0.890. The Bertz CT molecular complexity index is 212. The first-order valence-corrected chi connectivity index (χ1v) is 3.29. The van der Waals surface area contributed by atoms with Crippen molar-refractivity contribution in [3.63, 3.8) is 0 Å². The topological polar surface area (TPSA) is 104 Å². The summed E-state index contributed by atoms with van der Waals surface area (Å²) in [4.78, 5) is 21.2. The van der Waals surface area contributed by atoms with Gasteiger partial charge in [0.2, 0.25) is 0 Å². The van der Waals surface area contributed by atoms with Crippen LogP contribution in [0.25, 0.3) is 0 Å². The third-order valence-electron chi connectivity index (χ3n) is 1.61. The van der Waals surface area contributed by atoms with Crippen molar-refractivity contribution >= 4 is 11.8 Å². The van der Waals surface area contributed by atoms with Crippen LogP contribution in [-0.4, -0.2) is 52.0 Å². The molecule has 3 N–H and O–H groups in total. The maximum Gasteiger partial charge on any atom is 0.378 e. The number of ketones is 1. The highest BCUT2D eigenvalue weighted by molar-refractivity contribution is 6.36. The smallest absolute Gasteiger partial charge is 0.378 e. The quantitative estimate of drug-likeness (QED) is 0.294. The lowest BCUT2D eigenvalue weighted by Gasteiger charge is -2.28. The summed E-state index contributed by atoms with van der Waals surface area (Å²) in [6.45, 7) is -0.628. The Morgan fingerprint density at radius 1 is 1.33 bits per heavy atom. The highest BCUT2D eigenvalue weighted by atomic mass is 16.6. The van der Waals surface area contributed by atoms with E-state index in [9.17, 15) is 9.59 Å². The third-order valence-corrected chi connectivity index (χ3v) is 1.61. The molecule has 0 aromatic carbocycles. The van der Waals surface area contributed by atoms with Gasteiger partial charge in [0, 0.05) is 0 Å². The Kier molecular flexibility index (Phi) is 2.41. The lowest BCUT2D eigenvalue weighted by molar-refractivity contribution is -0.187. The number of carbonyl (C=O) groups excluding carboxylic acids is 2. The highest BCUT2D eigenvalue weighted by Gasteiger charge is 2.43. The van der Waals surface area contributed by atoms with Crippen LogP contribution in [-0.2, 0) is 14.3 Å². The zero-order chi connectivity index (χ0) is 9.30. The number of esters is 1.